The first-order chi connectivity index (χ1) is 9.77. The van der Waals surface area contributed by atoms with E-state index in [-0.39, 0.29) is 23.8 Å². The Kier molecular flexibility index (Phi) is 5.28. The van der Waals surface area contributed by atoms with Crippen molar-refractivity contribution >= 4 is 18.4 Å². The summed E-state index contributed by atoms with van der Waals surface area (Å²) < 4.78 is 5.36. The molecule has 21 heavy (non-hydrogen) atoms. The second kappa shape index (κ2) is 6.80. The molecular weight excluding hydrogens is 286 g/mol. The Bertz CT molecular complexity index is 473. The molecule has 0 spiro atoms. The summed E-state index contributed by atoms with van der Waals surface area (Å²) in [5, 5.41) is 0. The van der Waals surface area contributed by atoms with E-state index in [2.05, 4.69) is 17.0 Å². The molecule has 0 amide bonds. The van der Waals surface area contributed by atoms with Crippen molar-refractivity contribution < 1.29 is 9.53 Å². The first-order valence-electron chi connectivity index (χ1n) is 7.72. The number of hydrogen-bond donors (Lipinski definition) is 0. The van der Waals surface area contributed by atoms with Gasteiger partial charge in [0.2, 0.25) is 0 Å². The maximum absolute atomic E-state index is 12.5. The van der Waals surface area contributed by atoms with E-state index in [4.69, 9.17) is 4.74 Å². The highest BCUT2D eigenvalue weighted by atomic mass is 35.5. The van der Waals surface area contributed by atoms with Gasteiger partial charge in [0, 0.05) is 6.54 Å². The molecule has 0 bridgehead atoms. The lowest BCUT2D eigenvalue weighted by molar-refractivity contribution is -0.146. The number of carbonyl (C=O) groups excluding carboxylic acids is 1. The summed E-state index contributed by atoms with van der Waals surface area (Å²) in [5.74, 6) is 0.387. The molecule has 4 heteroatoms. The lowest BCUT2D eigenvalue weighted by Crippen LogP contribution is -2.30. The van der Waals surface area contributed by atoms with Crippen LogP contribution in [0.1, 0.15) is 31.7 Å². The molecule has 1 saturated carbocycles. The summed E-state index contributed by atoms with van der Waals surface area (Å²) in [5.41, 5.74) is 0.752. The molecule has 1 aromatic rings. The van der Waals surface area contributed by atoms with Crippen LogP contribution >= 0.6 is 12.4 Å². The zero-order valence-corrected chi connectivity index (χ0v) is 13.4. The molecule has 0 N–H and O–H groups in total. The molecule has 1 aromatic carbocycles. The molecule has 1 saturated heterocycles. The van der Waals surface area contributed by atoms with Gasteiger partial charge >= 0.3 is 5.97 Å². The number of ether oxygens (including phenoxy) is 1. The van der Waals surface area contributed by atoms with Crippen LogP contribution in [-0.4, -0.2) is 37.1 Å². The van der Waals surface area contributed by atoms with Gasteiger partial charge in [-0.1, -0.05) is 30.3 Å². The van der Waals surface area contributed by atoms with E-state index in [0.29, 0.717) is 12.5 Å². The van der Waals surface area contributed by atoms with Crippen molar-refractivity contribution in [3.8, 4) is 0 Å². The first-order valence-corrected chi connectivity index (χ1v) is 7.72. The maximum Gasteiger partial charge on any atom is 0.316 e. The molecule has 0 aromatic heterocycles. The summed E-state index contributed by atoms with van der Waals surface area (Å²) in [6, 6.07) is 10.2. The van der Waals surface area contributed by atoms with Crippen LogP contribution in [0.15, 0.2) is 30.3 Å². The minimum Gasteiger partial charge on any atom is -0.465 e. The number of rotatable bonds is 5. The van der Waals surface area contributed by atoms with Crippen LogP contribution in [-0.2, 0) is 14.9 Å². The van der Waals surface area contributed by atoms with Gasteiger partial charge in [0.1, 0.15) is 0 Å². The molecule has 2 aliphatic rings. The summed E-state index contributed by atoms with van der Waals surface area (Å²) in [7, 11) is 0. The van der Waals surface area contributed by atoms with E-state index >= 15 is 0 Å². The van der Waals surface area contributed by atoms with Crippen LogP contribution < -0.4 is 0 Å². The van der Waals surface area contributed by atoms with Gasteiger partial charge in [-0.3, -0.25) is 4.79 Å². The van der Waals surface area contributed by atoms with Crippen molar-refractivity contribution in [1.82, 2.24) is 4.90 Å². The van der Waals surface area contributed by atoms with Crippen molar-refractivity contribution in [3.05, 3.63) is 35.9 Å². The van der Waals surface area contributed by atoms with Gasteiger partial charge in [0.25, 0.3) is 0 Å². The van der Waals surface area contributed by atoms with E-state index in [9.17, 15) is 4.79 Å². The molecule has 3 nitrogen and oxygen atoms in total. The van der Waals surface area contributed by atoms with E-state index in [1.807, 2.05) is 25.1 Å². The van der Waals surface area contributed by atoms with Crippen LogP contribution in [0.3, 0.4) is 0 Å². The number of nitrogens with zero attached hydrogens (tertiary/aromatic N) is 1. The highest BCUT2D eigenvalue weighted by Gasteiger charge is 2.62. The average molecular weight is 310 g/mol. The van der Waals surface area contributed by atoms with Gasteiger partial charge in [-0.2, -0.15) is 0 Å². The fraction of sp³-hybridized carbons (Fsp3) is 0.588. The molecule has 2 unspecified atom stereocenters. The third kappa shape index (κ3) is 3.09. The number of hydrogen-bond acceptors (Lipinski definition) is 3. The predicted octanol–water partition coefficient (Wildman–Crippen LogP) is 3.03. The van der Waals surface area contributed by atoms with Gasteiger partial charge in [-0.15, -0.1) is 12.4 Å². The monoisotopic (exact) mass is 309 g/mol. The molecule has 1 aliphatic heterocycles. The van der Waals surface area contributed by atoms with Crippen LogP contribution in [0.2, 0.25) is 0 Å². The summed E-state index contributed by atoms with van der Waals surface area (Å²) in [6.07, 6.45) is 3.53. The van der Waals surface area contributed by atoms with E-state index in [1.54, 1.807) is 0 Å². The fourth-order valence-electron chi connectivity index (χ4n) is 3.54. The lowest BCUT2D eigenvalue weighted by Gasteiger charge is -2.20. The lowest BCUT2D eigenvalue weighted by atomic mass is 9.93. The number of carbonyl (C=O) groups is 1. The predicted molar refractivity (Wildman–Crippen MR) is 85.8 cm³/mol. The Morgan fingerprint density at radius 2 is 1.95 bits per heavy atom. The number of likely N-dealkylation sites (tertiary alicyclic amines) is 1. The average Bonchev–Trinajstić information content (AvgIpc) is 2.95. The Morgan fingerprint density at radius 3 is 2.57 bits per heavy atom. The SMILES string of the molecule is CCOC(=O)C1(c2ccccc2)CC1CN1CCCC1.Cl. The minimum atomic E-state index is -0.375. The van der Waals surface area contributed by atoms with Crippen LogP contribution in [0.4, 0.5) is 0 Å². The Balaban J connectivity index is 0.00000161. The van der Waals surface area contributed by atoms with Crippen molar-refractivity contribution in [1.29, 1.82) is 0 Å². The van der Waals surface area contributed by atoms with Crippen molar-refractivity contribution in [3.63, 3.8) is 0 Å². The van der Waals surface area contributed by atoms with Gasteiger partial charge in [-0.05, 0) is 50.8 Å². The molecule has 3 rings (SSSR count). The first kappa shape index (κ1) is 16.3. The fourth-order valence-corrected chi connectivity index (χ4v) is 3.54. The summed E-state index contributed by atoms with van der Waals surface area (Å²) >= 11 is 0. The quantitative estimate of drug-likeness (QED) is 0.783. The molecule has 1 heterocycles. The number of benzene rings is 1. The highest BCUT2D eigenvalue weighted by Crippen LogP contribution is 2.55. The zero-order chi connectivity index (χ0) is 14.0. The van der Waals surface area contributed by atoms with Crippen LogP contribution in [0, 0.1) is 5.92 Å². The van der Waals surface area contributed by atoms with Gasteiger partial charge in [-0.25, -0.2) is 0 Å². The molecule has 1 aliphatic carbocycles. The van der Waals surface area contributed by atoms with Crippen LogP contribution in [0.5, 0.6) is 0 Å². The Labute approximate surface area is 133 Å². The van der Waals surface area contributed by atoms with E-state index < -0.39 is 0 Å². The summed E-state index contributed by atoms with van der Waals surface area (Å²) in [6.45, 7) is 5.75. The van der Waals surface area contributed by atoms with Crippen molar-refractivity contribution in [2.45, 2.75) is 31.6 Å². The van der Waals surface area contributed by atoms with Crippen LogP contribution in [0.25, 0.3) is 0 Å². The van der Waals surface area contributed by atoms with Gasteiger partial charge < -0.3 is 9.64 Å². The maximum atomic E-state index is 12.5. The summed E-state index contributed by atoms with van der Waals surface area (Å²) in [4.78, 5) is 15.0. The van der Waals surface area contributed by atoms with Gasteiger partial charge in [0.05, 0.1) is 12.0 Å². The van der Waals surface area contributed by atoms with E-state index in [0.717, 1.165) is 18.5 Å². The molecule has 2 atom stereocenters. The second-order valence-corrected chi connectivity index (χ2v) is 5.97. The zero-order valence-electron chi connectivity index (χ0n) is 12.6. The molecule has 116 valence electrons. The molecule has 2 fully saturated rings. The second-order valence-electron chi connectivity index (χ2n) is 5.97. The van der Waals surface area contributed by atoms with Crippen molar-refractivity contribution in [2.75, 3.05) is 26.2 Å². The normalized spacial score (nSPS) is 28.0. The Morgan fingerprint density at radius 1 is 1.29 bits per heavy atom. The number of halogens is 1. The number of esters is 1. The van der Waals surface area contributed by atoms with Crippen molar-refractivity contribution in [2.24, 2.45) is 5.92 Å². The minimum absolute atomic E-state index is 0. The Hall–Kier alpha value is -1.06. The van der Waals surface area contributed by atoms with Gasteiger partial charge in [0.15, 0.2) is 0 Å². The molecular formula is C17H24ClNO2. The largest absolute Gasteiger partial charge is 0.465 e. The third-order valence-corrected chi connectivity index (χ3v) is 4.71. The van der Waals surface area contributed by atoms with E-state index in [1.165, 1.54) is 25.9 Å². The standard InChI is InChI=1S/C17H23NO2.ClH/c1-2-20-16(19)17(14-8-4-3-5-9-14)12-15(17)13-18-10-6-7-11-18;/h3-5,8-9,15H,2,6-7,10-13H2,1H3;1H. The third-order valence-electron chi connectivity index (χ3n) is 4.71. The topological polar surface area (TPSA) is 29.5 Å². The molecule has 0 radical (unpaired) electrons. The smallest absolute Gasteiger partial charge is 0.316 e. The highest BCUT2D eigenvalue weighted by molar-refractivity contribution is 5.87.